The molecule has 0 aromatic rings. The van der Waals surface area contributed by atoms with E-state index in [1.165, 1.54) is 25.7 Å². The molecule has 0 aromatic heterocycles. The molecule has 0 aromatic carbocycles. The summed E-state index contributed by atoms with van der Waals surface area (Å²) in [5.74, 6) is 0. The second-order valence-electron chi connectivity index (χ2n) is 6.58. The molecule has 0 amide bonds. The van der Waals surface area contributed by atoms with Gasteiger partial charge in [-0.05, 0) is 25.7 Å². The molecule has 1 fully saturated rings. The molecule has 20 heavy (non-hydrogen) atoms. The highest BCUT2D eigenvalue weighted by Crippen LogP contribution is 2.20. The summed E-state index contributed by atoms with van der Waals surface area (Å²) in [5, 5.41) is 25.1. The largest absolute Gasteiger partial charge is 0.632 e. The molecule has 4 nitrogen and oxygen atoms in total. The second kappa shape index (κ2) is 8.98. The normalized spacial score (nSPS) is 30.6. The average Bonchev–Trinajstić information content (AvgIpc) is 2.44. The summed E-state index contributed by atoms with van der Waals surface area (Å²) in [7, 11) is 0. The van der Waals surface area contributed by atoms with Gasteiger partial charge in [-0.25, -0.2) is 0 Å². The van der Waals surface area contributed by atoms with Gasteiger partial charge in [0.25, 0.3) is 0 Å². The number of rotatable bonds is 10. The quantitative estimate of drug-likeness (QED) is 0.348. The molecule has 0 spiro atoms. The molecule has 0 unspecified atom stereocenters. The topological polar surface area (TPSA) is 46.1 Å². The molecule has 120 valence electrons. The van der Waals surface area contributed by atoms with Crippen LogP contribution >= 0.6 is 0 Å². The maximum absolute atomic E-state index is 12.5. The SMILES string of the molecule is CCCCCC[N+]1([O-])CC[N+]([O-])(CCCCCC)CC1. The second-order valence-corrected chi connectivity index (χ2v) is 6.58. The lowest BCUT2D eigenvalue weighted by molar-refractivity contribution is -0.989. The van der Waals surface area contributed by atoms with Crippen molar-refractivity contribution in [2.24, 2.45) is 0 Å². The number of hydrogen-bond donors (Lipinski definition) is 0. The van der Waals surface area contributed by atoms with Crippen LogP contribution in [-0.4, -0.2) is 48.6 Å². The molecule has 0 radical (unpaired) electrons. The van der Waals surface area contributed by atoms with Crippen LogP contribution in [0, 0.1) is 10.4 Å². The van der Waals surface area contributed by atoms with Crippen molar-refractivity contribution in [3.8, 4) is 0 Å². The molecule has 1 heterocycles. The Balaban J connectivity index is 2.22. The van der Waals surface area contributed by atoms with Crippen LogP contribution in [0.3, 0.4) is 0 Å². The van der Waals surface area contributed by atoms with Crippen LogP contribution in [0.2, 0.25) is 0 Å². The summed E-state index contributed by atoms with van der Waals surface area (Å²) in [6, 6.07) is 0. The lowest BCUT2D eigenvalue weighted by Crippen LogP contribution is -2.62. The first-order chi connectivity index (χ1) is 9.54. The van der Waals surface area contributed by atoms with Crippen molar-refractivity contribution in [1.82, 2.24) is 0 Å². The third-order valence-electron chi connectivity index (χ3n) is 4.67. The minimum atomic E-state index is -0.110. The number of quaternary nitrogens is 2. The van der Waals surface area contributed by atoms with Crippen LogP contribution in [0.4, 0.5) is 0 Å². The van der Waals surface area contributed by atoms with Gasteiger partial charge in [0, 0.05) is 0 Å². The summed E-state index contributed by atoms with van der Waals surface area (Å²) in [6.07, 6.45) is 9.21. The highest BCUT2D eigenvalue weighted by Gasteiger charge is 2.31. The first-order valence-corrected chi connectivity index (χ1v) is 8.68. The number of unbranched alkanes of at least 4 members (excludes halogenated alkanes) is 6. The Morgan fingerprint density at radius 2 is 0.950 bits per heavy atom. The Morgan fingerprint density at radius 3 is 1.25 bits per heavy atom. The van der Waals surface area contributed by atoms with E-state index in [1.54, 1.807) is 0 Å². The maximum Gasteiger partial charge on any atom is 0.129 e. The van der Waals surface area contributed by atoms with Crippen LogP contribution in [0.1, 0.15) is 65.2 Å². The summed E-state index contributed by atoms with van der Waals surface area (Å²) in [5.41, 5.74) is 0. The molecular formula is C16H34N2O2. The Morgan fingerprint density at radius 1 is 0.600 bits per heavy atom. The summed E-state index contributed by atoms with van der Waals surface area (Å²) in [6.45, 7) is 7.93. The minimum Gasteiger partial charge on any atom is -0.632 e. The molecule has 1 rings (SSSR count). The molecular weight excluding hydrogens is 252 g/mol. The monoisotopic (exact) mass is 286 g/mol. The Labute approximate surface area is 125 Å². The van der Waals surface area contributed by atoms with Gasteiger partial charge < -0.3 is 19.7 Å². The third-order valence-corrected chi connectivity index (χ3v) is 4.67. The van der Waals surface area contributed by atoms with Crippen molar-refractivity contribution in [3.05, 3.63) is 10.4 Å². The van der Waals surface area contributed by atoms with E-state index < -0.39 is 0 Å². The van der Waals surface area contributed by atoms with Gasteiger partial charge in [-0.1, -0.05) is 39.5 Å². The first kappa shape index (κ1) is 17.9. The number of hydroxylamine groups is 6. The van der Waals surface area contributed by atoms with Crippen LogP contribution in [0.15, 0.2) is 0 Å². The Kier molecular flexibility index (Phi) is 8.03. The van der Waals surface area contributed by atoms with Crippen LogP contribution in [0.25, 0.3) is 0 Å². The predicted octanol–water partition coefficient (Wildman–Crippen LogP) is 3.79. The number of nitrogens with zero attached hydrogens (tertiary/aromatic N) is 2. The molecule has 0 atom stereocenters. The lowest BCUT2D eigenvalue weighted by Gasteiger charge is -2.54. The van der Waals surface area contributed by atoms with Gasteiger partial charge in [-0.15, -0.1) is 0 Å². The van der Waals surface area contributed by atoms with Gasteiger partial charge in [0.1, 0.15) is 26.2 Å². The minimum absolute atomic E-state index is 0.110. The van der Waals surface area contributed by atoms with E-state index in [1.807, 2.05) is 0 Å². The molecule has 0 N–H and O–H groups in total. The fraction of sp³-hybridized carbons (Fsp3) is 1.00. The van der Waals surface area contributed by atoms with Gasteiger partial charge in [-0.3, -0.25) is 0 Å². The zero-order chi connectivity index (χ0) is 14.9. The molecule has 4 heteroatoms. The van der Waals surface area contributed by atoms with Crippen molar-refractivity contribution < 1.29 is 9.29 Å². The summed E-state index contributed by atoms with van der Waals surface area (Å²) in [4.78, 5) is 0. The van der Waals surface area contributed by atoms with Crippen molar-refractivity contribution in [2.45, 2.75) is 65.2 Å². The van der Waals surface area contributed by atoms with Crippen LogP contribution < -0.4 is 0 Å². The van der Waals surface area contributed by atoms with Crippen molar-refractivity contribution in [1.29, 1.82) is 0 Å². The average molecular weight is 286 g/mol. The standard InChI is InChI=1S/C16H34N2O2/c1-3-5-7-9-11-17(19)13-15-18(20,16-14-17)12-10-8-6-4-2/h3-16H2,1-2H3. The first-order valence-electron chi connectivity index (χ1n) is 8.68. The molecule has 0 aliphatic carbocycles. The molecule has 0 saturated carbocycles. The predicted molar refractivity (Wildman–Crippen MR) is 84.7 cm³/mol. The maximum atomic E-state index is 12.5. The zero-order valence-electron chi connectivity index (χ0n) is 13.6. The van der Waals surface area contributed by atoms with E-state index in [4.69, 9.17) is 0 Å². The highest BCUT2D eigenvalue weighted by molar-refractivity contribution is 4.57. The van der Waals surface area contributed by atoms with E-state index >= 15 is 0 Å². The Bertz CT molecular complexity index is 225. The lowest BCUT2D eigenvalue weighted by atomic mass is 10.1. The molecule has 0 bridgehead atoms. The third kappa shape index (κ3) is 6.53. The fourth-order valence-corrected chi connectivity index (χ4v) is 3.05. The Hall–Kier alpha value is -0.160. The smallest absolute Gasteiger partial charge is 0.129 e. The highest BCUT2D eigenvalue weighted by atomic mass is 16.6. The van der Waals surface area contributed by atoms with E-state index in [0.29, 0.717) is 26.2 Å². The van der Waals surface area contributed by atoms with Crippen molar-refractivity contribution in [2.75, 3.05) is 39.3 Å². The van der Waals surface area contributed by atoms with Crippen LogP contribution in [0.5, 0.6) is 0 Å². The zero-order valence-corrected chi connectivity index (χ0v) is 13.6. The van der Waals surface area contributed by atoms with Gasteiger partial charge >= 0.3 is 0 Å². The summed E-state index contributed by atoms with van der Waals surface area (Å²) >= 11 is 0. The van der Waals surface area contributed by atoms with Gasteiger partial charge in [0.2, 0.25) is 0 Å². The van der Waals surface area contributed by atoms with Crippen molar-refractivity contribution >= 4 is 0 Å². The number of hydrogen-bond acceptors (Lipinski definition) is 2. The molecule has 1 aliphatic heterocycles. The molecule has 1 aliphatic rings. The van der Waals surface area contributed by atoms with E-state index in [-0.39, 0.29) is 9.29 Å². The van der Waals surface area contributed by atoms with E-state index in [9.17, 15) is 10.4 Å². The van der Waals surface area contributed by atoms with Crippen LogP contribution in [-0.2, 0) is 0 Å². The van der Waals surface area contributed by atoms with Gasteiger partial charge in [-0.2, -0.15) is 0 Å². The van der Waals surface area contributed by atoms with Gasteiger partial charge in [0.05, 0.1) is 13.1 Å². The number of piperazine rings is 1. The molecule has 1 saturated heterocycles. The fourth-order valence-electron chi connectivity index (χ4n) is 3.05. The van der Waals surface area contributed by atoms with Gasteiger partial charge in [0.15, 0.2) is 0 Å². The summed E-state index contributed by atoms with van der Waals surface area (Å²) < 4.78 is -0.220. The van der Waals surface area contributed by atoms with E-state index in [0.717, 1.165) is 38.8 Å². The van der Waals surface area contributed by atoms with E-state index in [2.05, 4.69) is 13.8 Å². The van der Waals surface area contributed by atoms with Crippen molar-refractivity contribution in [3.63, 3.8) is 0 Å².